The number of carboxylic acids is 1. The van der Waals surface area contributed by atoms with Gasteiger partial charge < -0.3 is 20.5 Å². The Kier molecular flexibility index (Phi) is 7.94. The number of aliphatic carboxylic acids is 1. The fraction of sp³-hybridized carbons (Fsp3) is 0.769. The van der Waals surface area contributed by atoms with Crippen molar-refractivity contribution in [3.8, 4) is 0 Å². The van der Waals surface area contributed by atoms with E-state index in [9.17, 15) is 19.5 Å². The highest BCUT2D eigenvalue weighted by Gasteiger charge is 2.52. The van der Waals surface area contributed by atoms with Crippen molar-refractivity contribution < 1.29 is 24.2 Å². The second-order valence-electron chi connectivity index (χ2n) is 10.4. The highest BCUT2D eigenvalue weighted by Crippen LogP contribution is 2.48. The SMILES string of the molecule is CCOC(=O)C1CCC(NC2CCCCC2)=C(/C(=N\C)C(=O)NC2C3CCC(C3)C2C(=O)O)C1. The van der Waals surface area contributed by atoms with E-state index in [1.165, 1.54) is 19.3 Å². The van der Waals surface area contributed by atoms with Crippen LogP contribution in [0.5, 0.6) is 0 Å². The van der Waals surface area contributed by atoms with Gasteiger partial charge in [-0.05, 0) is 70.1 Å². The summed E-state index contributed by atoms with van der Waals surface area (Å²) in [6.07, 6.45) is 10.4. The lowest BCUT2D eigenvalue weighted by atomic mass is 9.82. The third-order valence-corrected chi connectivity index (χ3v) is 8.38. The van der Waals surface area contributed by atoms with E-state index in [-0.39, 0.29) is 35.7 Å². The number of fused-ring (bicyclic) bond motifs is 2. The van der Waals surface area contributed by atoms with E-state index < -0.39 is 11.9 Å². The van der Waals surface area contributed by atoms with Gasteiger partial charge >= 0.3 is 11.9 Å². The number of carbonyl (C=O) groups is 3. The quantitative estimate of drug-likeness (QED) is 0.368. The van der Waals surface area contributed by atoms with Gasteiger partial charge in [0.2, 0.25) is 0 Å². The first kappa shape index (κ1) is 24.7. The molecule has 4 rings (SSSR count). The number of hydrogen-bond donors (Lipinski definition) is 3. The number of ether oxygens (including phenoxy) is 1. The van der Waals surface area contributed by atoms with Gasteiger partial charge in [0.25, 0.3) is 5.91 Å². The molecule has 0 aromatic heterocycles. The molecular weight excluding hydrogens is 434 g/mol. The van der Waals surface area contributed by atoms with Crippen molar-refractivity contribution in [1.29, 1.82) is 0 Å². The summed E-state index contributed by atoms with van der Waals surface area (Å²) in [5.41, 5.74) is 2.11. The van der Waals surface area contributed by atoms with Crippen LogP contribution in [0.3, 0.4) is 0 Å². The summed E-state index contributed by atoms with van der Waals surface area (Å²) >= 11 is 0. The summed E-state index contributed by atoms with van der Waals surface area (Å²) in [7, 11) is 1.60. The Hall–Kier alpha value is -2.38. The molecule has 0 aromatic rings. The number of hydrogen-bond acceptors (Lipinski definition) is 6. The van der Waals surface area contributed by atoms with E-state index in [1.54, 1.807) is 14.0 Å². The zero-order valence-corrected chi connectivity index (χ0v) is 20.5. The van der Waals surface area contributed by atoms with Crippen molar-refractivity contribution in [3.63, 3.8) is 0 Å². The van der Waals surface area contributed by atoms with Gasteiger partial charge in [-0.15, -0.1) is 0 Å². The second-order valence-corrected chi connectivity index (χ2v) is 10.4. The molecular formula is C26H39N3O5. The van der Waals surface area contributed by atoms with Crippen LogP contribution in [0, 0.1) is 23.7 Å². The average Bonchev–Trinajstić information content (AvgIpc) is 3.43. The fourth-order valence-electron chi connectivity index (χ4n) is 6.74. The Morgan fingerprint density at radius 3 is 2.47 bits per heavy atom. The summed E-state index contributed by atoms with van der Waals surface area (Å²) in [5.74, 6) is -1.87. The van der Waals surface area contributed by atoms with Crippen LogP contribution in [0.15, 0.2) is 16.3 Å². The number of amides is 1. The van der Waals surface area contributed by atoms with Crippen LogP contribution in [-0.4, -0.2) is 54.4 Å². The number of aliphatic imine (C=N–C) groups is 1. The van der Waals surface area contributed by atoms with Crippen molar-refractivity contribution in [2.45, 2.75) is 89.6 Å². The maximum Gasteiger partial charge on any atom is 0.309 e. The molecule has 1 amide bonds. The predicted molar refractivity (Wildman–Crippen MR) is 128 cm³/mol. The smallest absolute Gasteiger partial charge is 0.309 e. The molecule has 0 heterocycles. The number of rotatable bonds is 8. The van der Waals surface area contributed by atoms with Gasteiger partial charge in [0, 0.05) is 30.4 Å². The fourth-order valence-corrected chi connectivity index (χ4v) is 6.74. The number of esters is 1. The van der Waals surface area contributed by atoms with Gasteiger partial charge in [-0.1, -0.05) is 19.3 Å². The summed E-state index contributed by atoms with van der Waals surface area (Å²) in [6.45, 7) is 2.13. The lowest BCUT2D eigenvalue weighted by Crippen LogP contribution is -2.49. The van der Waals surface area contributed by atoms with Crippen molar-refractivity contribution in [1.82, 2.24) is 10.6 Å². The highest BCUT2D eigenvalue weighted by atomic mass is 16.5. The summed E-state index contributed by atoms with van der Waals surface area (Å²) in [4.78, 5) is 42.3. The van der Waals surface area contributed by atoms with Gasteiger partial charge in [0.05, 0.1) is 18.4 Å². The van der Waals surface area contributed by atoms with Crippen LogP contribution in [0.25, 0.3) is 0 Å². The predicted octanol–water partition coefficient (Wildman–Crippen LogP) is 3.21. The summed E-state index contributed by atoms with van der Waals surface area (Å²) in [6, 6.07) is 0.0151. The molecule has 0 saturated heterocycles. The number of allylic oxidation sites excluding steroid dienone is 1. The minimum absolute atomic E-state index is 0.139. The van der Waals surface area contributed by atoms with Crippen molar-refractivity contribution >= 4 is 23.6 Å². The van der Waals surface area contributed by atoms with Crippen molar-refractivity contribution in [2.24, 2.45) is 28.7 Å². The van der Waals surface area contributed by atoms with Crippen LogP contribution in [0.4, 0.5) is 0 Å². The summed E-state index contributed by atoms with van der Waals surface area (Å²) in [5, 5.41) is 16.5. The molecule has 8 nitrogen and oxygen atoms in total. The third kappa shape index (κ3) is 5.15. The highest BCUT2D eigenvalue weighted by molar-refractivity contribution is 6.45. The minimum atomic E-state index is -0.827. The maximum absolute atomic E-state index is 13.5. The van der Waals surface area contributed by atoms with Gasteiger partial charge in [0.1, 0.15) is 5.71 Å². The van der Waals surface area contributed by atoms with E-state index in [2.05, 4.69) is 15.6 Å². The Morgan fingerprint density at radius 1 is 1.06 bits per heavy atom. The standard InChI is InChI=1S/C26H39N3O5/c1-3-34-26(33)17-11-12-20(28-18-7-5-4-6-8-18)19(14-17)23(27-2)24(30)29-22-16-10-9-15(13-16)21(22)25(31)32/h15-18,21-22,28H,3-14H2,1-2H3,(H,29,30)(H,31,32)/b27-23+. The van der Waals surface area contributed by atoms with Crippen LogP contribution in [0.1, 0.15) is 77.6 Å². The molecule has 5 atom stereocenters. The van der Waals surface area contributed by atoms with Crippen LogP contribution < -0.4 is 10.6 Å². The van der Waals surface area contributed by atoms with Gasteiger partial charge in [-0.2, -0.15) is 0 Å². The van der Waals surface area contributed by atoms with E-state index in [4.69, 9.17) is 4.74 Å². The number of nitrogens with zero attached hydrogens (tertiary/aromatic N) is 1. The maximum atomic E-state index is 13.5. The molecule has 3 saturated carbocycles. The molecule has 2 bridgehead atoms. The first-order chi connectivity index (χ1) is 16.4. The first-order valence-corrected chi connectivity index (χ1v) is 13.1. The molecule has 188 valence electrons. The Balaban J connectivity index is 1.56. The van der Waals surface area contributed by atoms with Crippen LogP contribution >= 0.6 is 0 Å². The zero-order valence-electron chi connectivity index (χ0n) is 20.5. The van der Waals surface area contributed by atoms with E-state index in [0.717, 1.165) is 43.4 Å². The Labute approximate surface area is 202 Å². The van der Waals surface area contributed by atoms with Crippen molar-refractivity contribution in [3.05, 3.63) is 11.3 Å². The van der Waals surface area contributed by atoms with E-state index in [0.29, 0.717) is 37.6 Å². The van der Waals surface area contributed by atoms with E-state index >= 15 is 0 Å². The monoisotopic (exact) mass is 473 g/mol. The molecule has 5 unspecified atom stereocenters. The normalized spacial score (nSPS) is 31.9. The zero-order chi connectivity index (χ0) is 24.2. The molecule has 0 radical (unpaired) electrons. The van der Waals surface area contributed by atoms with Gasteiger partial charge in [-0.3, -0.25) is 19.4 Å². The van der Waals surface area contributed by atoms with E-state index in [1.807, 2.05) is 0 Å². The molecule has 0 aliphatic heterocycles. The molecule has 3 N–H and O–H groups in total. The molecule has 0 aromatic carbocycles. The molecule has 34 heavy (non-hydrogen) atoms. The molecule has 8 heteroatoms. The van der Waals surface area contributed by atoms with Crippen LogP contribution in [-0.2, 0) is 19.1 Å². The Bertz CT molecular complexity index is 860. The number of carboxylic acid groups (broad SMARTS) is 1. The molecule has 4 aliphatic rings. The Morgan fingerprint density at radius 2 is 1.79 bits per heavy atom. The average molecular weight is 474 g/mol. The number of nitrogens with one attached hydrogen (secondary N) is 2. The lowest BCUT2D eigenvalue weighted by molar-refractivity contribution is -0.148. The lowest BCUT2D eigenvalue weighted by Gasteiger charge is -2.33. The molecule has 0 spiro atoms. The third-order valence-electron chi connectivity index (χ3n) is 8.38. The summed E-state index contributed by atoms with van der Waals surface area (Å²) < 4.78 is 5.28. The topological polar surface area (TPSA) is 117 Å². The first-order valence-electron chi connectivity index (χ1n) is 13.1. The van der Waals surface area contributed by atoms with Crippen molar-refractivity contribution in [2.75, 3.05) is 13.7 Å². The van der Waals surface area contributed by atoms with Gasteiger partial charge in [-0.25, -0.2) is 0 Å². The van der Waals surface area contributed by atoms with Crippen LogP contribution in [0.2, 0.25) is 0 Å². The van der Waals surface area contributed by atoms with Gasteiger partial charge in [0.15, 0.2) is 0 Å². The second kappa shape index (κ2) is 10.9. The molecule has 4 aliphatic carbocycles. The number of carbonyl (C=O) groups excluding carboxylic acids is 2. The largest absolute Gasteiger partial charge is 0.481 e. The minimum Gasteiger partial charge on any atom is -0.481 e. The molecule has 3 fully saturated rings.